The summed E-state index contributed by atoms with van der Waals surface area (Å²) in [7, 11) is -16.3. The maximum absolute atomic E-state index is 11.9. The van der Waals surface area contributed by atoms with E-state index in [0.29, 0.717) is 29.4 Å². The molecule has 3 heterocycles. The predicted octanol–water partition coefficient (Wildman–Crippen LogP) is 0.345. The normalized spacial score (nSPS) is 22.5. The van der Waals surface area contributed by atoms with Crippen LogP contribution in [-0.2, 0) is 31.6 Å². The number of nitrogens with zero attached hydrogens (tertiary/aromatic N) is 3. The zero-order chi connectivity index (χ0) is 24.4. The van der Waals surface area contributed by atoms with Crippen LogP contribution in [0.4, 0.5) is 5.82 Å². The standard InChI is InChI=1S/C14H20N5O11P3/c15-5-1-2-9-6-19(14-12(9)13(16)17-8-18-14)11-4-3-10(28-11)7-27-32(23,24)30-33(25,26)29-31(20,21)22/h6,8,10-11H,3-5,7,15H2,(H,23,24)(H,25,26)(H2,16,17,18)(H2,20,21,22)/t10?,11-/m1/s1. The van der Waals surface area contributed by atoms with Crippen LogP contribution in [0, 0.1) is 11.8 Å². The van der Waals surface area contributed by atoms with Gasteiger partial charge in [-0.05, 0) is 12.8 Å². The van der Waals surface area contributed by atoms with E-state index in [-0.39, 0.29) is 12.4 Å². The van der Waals surface area contributed by atoms with E-state index in [1.54, 1.807) is 10.8 Å². The van der Waals surface area contributed by atoms with Crippen molar-refractivity contribution < 1.29 is 51.2 Å². The molecule has 3 rings (SSSR count). The van der Waals surface area contributed by atoms with Gasteiger partial charge in [-0.15, -0.1) is 0 Å². The van der Waals surface area contributed by atoms with Crippen LogP contribution in [0.2, 0.25) is 0 Å². The minimum Gasteiger partial charge on any atom is -0.383 e. The van der Waals surface area contributed by atoms with Crippen molar-refractivity contribution in [2.24, 2.45) is 5.73 Å². The third-order valence-electron chi connectivity index (χ3n) is 4.20. The first kappa shape index (κ1) is 25.9. The van der Waals surface area contributed by atoms with Crippen LogP contribution in [0.1, 0.15) is 24.6 Å². The van der Waals surface area contributed by atoms with Gasteiger partial charge in [-0.2, -0.15) is 8.62 Å². The van der Waals surface area contributed by atoms with Gasteiger partial charge in [0.2, 0.25) is 0 Å². The molecule has 2 aromatic rings. The molecule has 0 aliphatic carbocycles. The summed E-state index contributed by atoms with van der Waals surface area (Å²) in [5.41, 5.74) is 12.4. The number of rotatable bonds is 8. The van der Waals surface area contributed by atoms with Crippen LogP contribution < -0.4 is 11.5 Å². The molecule has 0 amide bonds. The molecule has 33 heavy (non-hydrogen) atoms. The third kappa shape index (κ3) is 6.91. The van der Waals surface area contributed by atoms with Crippen molar-refractivity contribution in [3.05, 3.63) is 18.1 Å². The van der Waals surface area contributed by atoms with Gasteiger partial charge in [0.25, 0.3) is 0 Å². The molecule has 0 spiro atoms. The van der Waals surface area contributed by atoms with Gasteiger partial charge in [0.05, 0.1) is 30.2 Å². The molecule has 0 radical (unpaired) electrons. The van der Waals surface area contributed by atoms with Crippen LogP contribution in [0.5, 0.6) is 0 Å². The molecule has 182 valence electrons. The highest BCUT2D eigenvalue weighted by Gasteiger charge is 2.41. The van der Waals surface area contributed by atoms with Crippen LogP contribution in [-0.4, -0.2) is 53.4 Å². The number of hydrogen-bond donors (Lipinski definition) is 6. The van der Waals surface area contributed by atoms with Gasteiger partial charge in [-0.1, -0.05) is 11.8 Å². The molecule has 1 aliphatic rings. The maximum atomic E-state index is 11.9. The number of nitrogens with two attached hydrogens (primary N) is 2. The van der Waals surface area contributed by atoms with Gasteiger partial charge in [0, 0.05) is 6.20 Å². The Morgan fingerprint density at radius 1 is 1.15 bits per heavy atom. The fraction of sp³-hybridized carbons (Fsp3) is 0.429. The second-order valence-electron chi connectivity index (χ2n) is 6.59. The SMILES string of the molecule is NCC#Cc1cn([C@H]2CCC(COP(=O)(O)OP(=O)(O)OP(=O)(O)O)O2)c2ncnc(N)c12. The van der Waals surface area contributed by atoms with E-state index in [1.807, 2.05) is 0 Å². The minimum absolute atomic E-state index is 0.128. The Morgan fingerprint density at radius 2 is 1.88 bits per heavy atom. The largest absolute Gasteiger partial charge is 0.490 e. The van der Waals surface area contributed by atoms with Crippen LogP contribution in [0.3, 0.4) is 0 Å². The van der Waals surface area contributed by atoms with Crippen molar-refractivity contribution in [2.45, 2.75) is 25.2 Å². The summed E-state index contributed by atoms with van der Waals surface area (Å²) >= 11 is 0. The van der Waals surface area contributed by atoms with Crippen molar-refractivity contribution >= 4 is 40.3 Å². The first-order valence-corrected chi connectivity index (χ1v) is 13.6. The van der Waals surface area contributed by atoms with Crippen LogP contribution >= 0.6 is 23.5 Å². The highest BCUT2D eigenvalue weighted by Crippen LogP contribution is 2.66. The quantitative estimate of drug-likeness (QED) is 0.200. The molecule has 8 N–H and O–H groups in total. The lowest BCUT2D eigenvalue weighted by Gasteiger charge is -2.19. The summed E-state index contributed by atoms with van der Waals surface area (Å²) in [5.74, 6) is 5.82. The summed E-state index contributed by atoms with van der Waals surface area (Å²) in [6, 6.07) is 0. The van der Waals surface area contributed by atoms with E-state index >= 15 is 0 Å². The van der Waals surface area contributed by atoms with Gasteiger partial charge in [-0.25, -0.2) is 23.7 Å². The Morgan fingerprint density at radius 3 is 2.55 bits per heavy atom. The lowest BCUT2D eigenvalue weighted by molar-refractivity contribution is -0.0202. The average Bonchev–Trinajstić information content (AvgIpc) is 3.27. The summed E-state index contributed by atoms with van der Waals surface area (Å²) in [6.45, 7) is -0.417. The van der Waals surface area contributed by atoms with E-state index < -0.39 is 42.4 Å². The number of nitrogen functional groups attached to an aromatic ring is 1. The Bertz CT molecular complexity index is 1230. The first-order valence-electron chi connectivity index (χ1n) is 9.04. The molecular formula is C14H20N5O11P3. The molecule has 0 aromatic carbocycles. The Hall–Kier alpha value is -1.69. The van der Waals surface area contributed by atoms with Gasteiger partial charge in [-0.3, -0.25) is 4.52 Å². The lowest BCUT2D eigenvalue weighted by Crippen LogP contribution is -2.16. The number of phosphoric ester groups is 1. The lowest BCUT2D eigenvalue weighted by atomic mass is 10.2. The smallest absolute Gasteiger partial charge is 0.383 e. The van der Waals surface area contributed by atoms with Crippen molar-refractivity contribution in [1.29, 1.82) is 0 Å². The fourth-order valence-corrected chi connectivity index (χ4v) is 6.11. The van der Waals surface area contributed by atoms with E-state index in [0.717, 1.165) is 0 Å². The zero-order valence-electron chi connectivity index (χ0n) is 16.6. The van der Waals surface area contributed by atoms with Crippen LogP contribution in [0.25, 0.3) is 11.0 Å². The monoisotopic (exact) mass is 527 g/mol. The molecular weight excluding hydrogens is 507 g/mol. The minimum atomic E-state index is -5.59. The van der Waals surface area contributed by atoms with E-state index in [4.69, 9.17) is 26.0 Å². The van der Waals surface area contributed by atoms with Gasteiger partial charge in [0.15, 0.2) is 0 Å². The maximum Gasteiger partial charge on any atom is 0.490 e. The highest BCUT2D eigenvalue weighted by molar-refractivity contribution is 7.66. The molecule has 0 saturated carbocycles. The number of aromatic nitrogens is 3. The Balaban J connectivity index is 1.68. The molecule has 16 nitrogen and oxygen atoms in total. The summed E-state index contributed by atoms with van der Waals surface area (Å²) in [5, 5.41) is 0.513. The van der Waals surface area contributed by atoms with Gasteiger partial charge < -0.3 is 40.3 Å². The fourth-order valence-electron chi connectivity index (χ4n) is 3.06. The van der Waals surface area contributed by atoms with Gasteiger partial charge >= 0.3 is 23.5 Å². The summed E-state index contributed by atoms with van der Waals surface area (Å²) < 4.78 is 53.3. The zero-order valence-corrected chi connectivity index (χ0v) is 19.3. The second kappa shape index (κ2) is 9.89. The van der Waals surface area contributed by atoms with Crippen LogP contribution in [0.15, 0.2) is 12.5 Å². The molecule has 1 saturated heterocycles. The van der Waals surface area contributed by atoms with Crippen molar-refractivity contribution in [3.63, 3.8) is 0 Å². The molecule has 2 aromatic heterocycles. The van der Waals surface area contributed by atoms with E-state index in [9.17, 15) is 23.5 Å². The summed E-state index contributed by atoms with van der Waals surface area (Å²) in [6.07, 6.45) is 2.40. The molecule has 19 heteroatoms. The number of phosphoric acid groups is 3. The molecule has 0 bridgehead atoms. The van der Waals surface area contributed by atoms with E-state index in [1.165, 1.54) is 6.33 Å². The number of fused-ring (bicyclic) bond motifs is 1. The Kier molecular flexibility index (Phi) is 7.77. The Labute approximate surface area is 186 Å². The number of anilines is 1. The number of hydrogen-bond acceptors (Lipinski definition) is 11. The van der Waals surface area contributed by atoms with Gasteiger partial charge in [0.1, 0.15) is 24.0 Å². The first-order chi connectivity index (χ1) is 15.3. The molecule has 1 aliphatic heterocycles. The molecule has 4 atom stereocenters. The summed E-state index contributed by atoms with van der Waals surface area (Å²) in [4.78, 5) is 44.0. The number of ether oxygens (including phenoxy) is 1. The average molecular weight is 527 g/mol. The third-order valence-corrected chi connectivity index (χ3v) is 8.00. The predicted molar refractivity (Wildman–Crippen MR) is 111 cm³/mol. The highest BCUT2D eigenvalue weighted by atomic mass is 31.3. The topological polar surface area (TPSA) is 252 Å². The van der Waals surface area contributed by atoms with Crippen molar-refractivity contribution in [1.82, 2.24) is 14.5 Å². The van der Waals surface area contributed by atoms with E-state index in [2.05, 4.69) is 35.0 Å². The van der Waals surface area contributed by atoms with Crippen molar-refractivity contribution in [3.8, 4) is 11.8 Å². The van der Waals surface area contributed by atoms with Crippen molar-refractivity contribution in [2.75, 3.05) is 18.9 Å². The molecule has 1 fully saturated rings. The molecule has 3 unspecified atom stereocenters. The second-order valence-corrected chi connectivity index (χ2v) is 11.0.